The summed E-state index contributed by atoms with van der Waals surface area (Å²) < 4.78 is 44.6. The number of aromatic nitrogens is 2. The van der Waals surface area contributed by atoms with Crippen LogP contribution >= 0.6 is 39.1 Å². The molecule has 0 amide bonds. The molecule has 0 aliphatic carbocycles. The second kappa shape index (κ2) is 11.6. The van der Waals surface area contributed by atoms with E-state index in [0.29, 0.717) is 25.8 Å². The van der Waals surface area contributed by atoms with Crippen LogP contribution < -0.4 is 5.73 Å². The molecule has 1 aliphatic rings. The Kier molecular flexibility index (Phi) is 9.78. The molecular weight excluding hydrogens is 590 g/mol. The van der Waals surface area contributed by atoms with Gasteiger partial charge >= 0.3 is 18.1 Å². The van der Waals surface area contributed by atoms with Gasteiger partial charge in [-0.2, -0.15) is 13.2 Å². The minimum absolute atomic E-state index is 0.0925. The van der Waals surface area contributed by atoms with Gasteiger partial charge in [0.05, 0.1) is 21.1 Å². The summed E-state index contributed by atoms with van der Waals surface area (Å²) in [5.41, 5.74) is 6.84. The maximum atomic E-state index is 11.9. The fourth-order valence-electron chi connectivity index (χ4n) is 2.92. The number of carbonyl (C=O) groups is 2. The number of rotatable bonds is 5. The van der Waals surface area contributed by atoms with E-state index in [1.165, 1.54) is 0 Å². The molecular formula is C19H21BrCl2F3N3O7. The molecule has 0 unspecified atom stereocenters. The van der Waals surface area contributed by atoms with Crippen molar-refractivity contribution in [2.75, 3.05) is 6.61 Å². The molecule has 35 heavy (non-hydrogen) atoms. The zero-order valence-corrected chi connectivity index (χ0v) is 21.1. The standard InChI is InChI=1S/C17H20BrCl2N3O5.C2HF3O2/c1-6(2)12(21)16(26)27-5-11-13(24)14(25)15(28-11)23-10-4-8(20)7(19)3-9(10)22-17(23)18;3-2(4,5)1(6)7/h3-4,6,11-15,24-25H,5,21H2,1-2H3;(H,6,7)/t11-,12-,13-,14-,15-;/m1./s1. The monoisotopic (exact) mass is 609 g/mol. The highest BCUT2D eigenvalue weighted by molar-refractivity contribution is 9.10. The lowest BCUT2D eigenvalue weighted by molar-refractivity contribution is -0.192. The Labute approximate surface area is 214 Å². The van der Waals surface area contributed by atoms with Crippen LogP contribution in [0.2, 0.25) is 10.0 Å². The number of ether oxygens (including phenoxy) is 2. The fraction of sp³-hybridized carbons (Fsp3) is 0.526. The van der Waals surface area contributed by atoms with Crippen molar-refractivity contribution in [3.63, 3.8) is 0 Å². The molecule has 0 bridgehead atoms. The average molecular weight is 611 g/mol. The number of alkyl halides is 3. The first-order valence-electron chi connectivity index (χ1n) is 9.82. The minimum atomic E-state index is -5.08. The predicted molar refractivity (Wildman–Crippen MR) is 121 cm³/mol. The number of hydrogen-bond acceptors (Lipinski definition) is 8. The first-order valence-corrected chi connectivity index (χ1v) is 11.4. The molecule has 10 nitrogen and oxygen atoms in total. The molecule has 0 saturated carbocycles. The quantitative estimate of drug-likeness (QED) is 0.374. The third-order valence-corrected chi connectivity index (χ3v) is 6.18. The number of carbonyl (C=O) groups excluding carboxylic acids is 1. The molecule has 0 spiro atoms. The number of fused-ring (bicyclic) bond motifs is 1. The summed E-state index contributed by atoms with van der Waals surface area (Å²) in [4.78, 5) is 25.2. The van der Waals surface area contributed by atoms with Crippen molar-refractivity contribution in [1.82, 2.24) is 9.55 Å². The number of nitrogens with two attached hydrogens (primary N) is 1. The van der Waals surface area contributed by atoms with Gasteiger partial charge < -0.3 is 30.5 Å². The van der Waals surface area contributed by atoms with Gasteiger partial charge in [0.15, 0.2) is 11.0 Å². The lowest BCUT2D eigenvalue weighted by Gasteiger charge is -2.19. The highest BCUT2D eigenvalue weighted by atomic mass is 79.9. The molecule has 5 atom stereocenters. The molecule has 2 aromatic rings. The van der Waals surface area contributed by atoms with Crippen molar-refractivity contribution >= 4 is 62.1 Å². The minimum Gasteiger partial charge on any atom is -0.475 e. The molecule has 1 aliphatic heterocycles. The summed E-state index contributed by atoms with van der Waals surface area (Å²) in [6, 6.07) is 2.40. The fourth-order valence-corrected chi connectivity index (χ4v) is 3.82. The maximum absolute atomic E-state index is 11.9. The lowest BCUT2D eigenvalue weighted by Crippen LogP contribution is -2.40. The summed E-state index contributed by atoms with van der Waals surface area (Å²) >= 11 is 15.4. The molecule has 0 radical (unpaired) electrons. The van der Waals surface area contributed by atoms with Gasteiger partial charge in [0.25, 0.3) is 0 Å². The zero-order valence-electron chi connectivity index (χ0n) is 18.0. The zero-order chi connectivity index (χ0) is 26.8. The number of hydrogen-bond donors (Lipinski definition) is 4. The number of aliphatic hydroxyl groups is 2. The number of nitrogens with zero attached hydrogens (tertiary/aromatic N) is 2. The Morgan fingerprint density at radius 2 is 1.80 bits per heavy atom. The predicted octanol–water partition coefficient (Wildman–Crippen LogP) is 2.88. The van der Waals surface area contributed by atoms with Crippen molar-refractivity contribution in [1.29, 1.82) is 0 Å². The van der Waals surface area contributed by atoms with Crippen LogP contribution in [0.5, 0.6) is 0 Å². The van der Waals surface area contributed by atoms with E-state index in [-0.39, 0.29) is 12.5 Å². The highest BCUT2D eigenvalue weighted by Crippen LogP contribution is 2.37. The summed E-state index contributed by atoms with van der Waals surface area (Å²) in [6.45, 7) is 3.35. The van der Waals surface area contributed by atoms with E-state index in [2.05, 4.69) is 20.9 Å². The van der Waals surface area contributed by atoms with E-state index in [0.717, 1.165) is 0 Å². The first-order chi connectivity index (χ1) is 16.1. The van der Waals surface area contributed by atoms with Crippen LogP contribution in [0, 0.1) is 5.92 Å². The van der Waals surface area contributed by atoms with Gasteiger partial charge in [-0.15, -0.1) is 0 Å². The molecule has 3 rings (SSSR count). The van der Waals surface area contributed by atoms with Crippen LogP contribution in [0.1, 0.15) is 20.1 Å². The van der Waals surface area contributed by atoms with Gasteiger partial charge in [-0.3, -0.25) is 9.36 Å². The van der Waals surface area contributed by atoms with Crippen molar-refractivity contribution in [2.45, 2.75) is 50.6 Å². The molecule has 1 aromatic heterocycles. The lowest BCUT2D eigenvalue weighted by atomic mass is 10.1. The molecule has 1 saturated heterocycles. The number of carboxylic acids is 1. The van der Waals surface area contributed by atoms with Crippen molar-refractivity contribution in [2.24, 2.45) is 11.7 Å². The molecule has 5 N–H and O–H groups in total. The smallest absolute Gasteiger partial charge is 0.475 e. The SMILES string of the molecule is CC(C)[C@@H](N)C(=O)OC[C@H]1O[C@@H](n2c(Br)nc3cc(Cl)c(Cl)cc32)[C@H](O)[C@@H]1O.O=C(O)C(F)(F)F. The molecule has 2 heterocycles. The second-order valence-corrected chi connectivity index (χ2v) is 9.28. The van der Waals surface area contributed by atoms with Gasteiger partial charge in [-0.05, 0) is 34.0 Å². The Morgan fingerprint density at radius 1 is 1.26 bits per heavy atom. The number of esters is 1. The third kappa shape index (κ3) is 6.96. The van der Waals surface area contributed by atoms with E-state index in [9.17, 15) is 28.2 Å². The van der Waals surface area contributed by atoms with Gasteiger partial charge in [-0.25, -0.2) is 9.78 Å². The normalized spacial score (nSPS) is 23.2. The van der Waals surface area contributed by atoms with Crippen LogP contribution in [0.3, 0.4) is 0 Å². The molecule has 196 valence electrons. The van der Waals surface area contributed by atoms with Crippen LogP contribution in [0.15, 0.2) is 16.9 Å². The highest BCUT2D eigenvalue weighted by Gasteiger charge is 2.45. The van der Waals surface area contributed by atoms with Crippen LogP contribution in [-0.2, 0) is 19.1 Å². The Bertz CT molecular complexity index is 1090. The van der Waals surface area contributed by atoms with Gasteiger partial charge in [0.2, 0.25) is 0 Å². The Balaban J connectivity index is 0.000000540. The maximum Gasteiger partial charge on any atom is 0.490 e. The number of aliphatic hydroxyl groups excluding tert-OH is 2. The van der Waals surface area contributed by atoms with E-state index >= 15 is 0 Å². The second-order valence-electron chi connectivity index (χ2n) is 7.75. The van der Waals surface area contributed by atoms with E-state index in [1.54, 1.807) is 30.5 Å². The van der Waals surface area contributed by atoms with Gasteiger partial charge in [0.1, 0.15) is 31.0 Å². The number of carboxylic acid groups (broad SMARTS) is 1. The number of imidazole rings is 1. The largest absolute Gasteiger partial charge is 0.490 e. The molecule has 16 heteroatoms. The molecule has 1 fully saturated rings. The summed E-state index contributed by atoms with van der Waals surface area (Å²) in [5.74, 6) is -3.45. The Hall–Kier alpha value is -1.68. The summed E-state index contributed by atoms with van der Waals surface area (Å²) in [5, 5.41) is 28.6. The van der Waals surface area contributed by atoms with Crippen LogP contribution in [0.4, 0.5) is 13.2 Å². The van der Waals surface area contributed by atoms with Crippen LogP contribution in [-0.4, -0.2) is 73.9 Å². The third-order valence-electron chi connectivity index (χ3n) is 4.90. The first kappa shape index (κ1) is 29.5. The molecule has 1 aromatic carbocycles. The number of aliphatic carboxylic acids is 1. The van der Waals surface area contributed by atoms with E-state index in [1.807, 2.05) is 0 Å². The Morgan fingerprint density at radius 3 is 2.31 bits per heavy atom. The van der Waals surface area contributed by atoms with Gasteiger partial charge in [0, 0.05) is 0 Å². The van der Waals surface area contributed by atoms with Crippen LogP contribution in [0.25, 0.3) is 11.0 Å². The van der Waals surface area contributed by atoms with Gasteiger partial charge in [-0.1, -0.05) is 37.0 Å². The van der Waals surface area contributed by atoms with Crippen molar-refractivity contribution in [3.8, 4) is 0 Å². The number of benzene rings is 1. The average Bonchev–Trinajstić information content (AvgIpc) is 3.20. The van der Waals surface area contributed by atoms with E-state index < -0.39 is 48.7 Å². The topological polar surface area (TPSA) is 157 Å². The summed E-state index contributed by atoms with van der Waals surface area (Å²) in [6.07, 6.45) is -9.56. The van der Waals surface area contributed by atoms with E-state index in [4.69, 9.17) is 48.3 Å². The van der Waals surface area contributed by atoms with Crippen molar-refractivity contribution < 1.29 is 47.6 Å². The van der Waals surface area contributed by atoms with Crippen molar-refractivity contribution in [3.05, 3.63) is 26.9 Å². The number of halogens is 6. The summed E-state index contributed by atoms with van der Waals surface area (Å²) in [7, 11) is 0.